The van der Waals surface area contributed by atoms with Gasteiger partial charge in [-0.25, -0.2) is 0 Å². The van der Waals surface area contributed by atoms with E-state index in [0.717, 1.165) is 23.9 Å². The number of hydrogen-bond acceptors (Lipinski definition) is 3. The van der Waals surface area contributed by atoms with Crippen LogP contribution < -0.4 is 10.1 Å². The molecule has 3 unspecified atom stereocenters. The van der Waals surface area contributed by atoms with E-state index < -0.39 is 0 Å². The average Bonchev–Trinajstić information content (AvgIpc) is 2.43. The molecule has 0 aliphatic heterocycles. The highest BCUT2D eigenvalue weighted by Crippen LogP contribution is 2.34. The van der Waals surface area contributed by atoms with Crippen molar-refractivity contribution in [3.63, 3.8) is 0 Å². The van der Waals surface area contributed by atoms with Gasteiger partial charge >= 0.3 is 0 Å². The first-order chi connectivity index (χ1) is 9.65. The van der Waals surface area contributed by atoms with Crippen LogP contribution in [0.4, 0.5) is 0 Å². The monoisotopic (exact) mass is 361 g/mol. The molecule has 0 amide bonds. The molecule has 3 atom stereocenters. The van der Waals surface area contributed by atoms with Crippen molar-refractivity contribution in [2.24, 2.45) is 0 Å². The van der Waals surface area contributed by atoms with E-state index in [2.05, 4.69) is 28.2 Å². The van der Waals surface area contributed by atoms with Gasteiger partial charge in [-0.2, -0.15) is 0 Å². The summed E-state index contributed by atoms with van der Waals surface area (Å²) in [7, 11) is 0. The van der Waals surface area contributed by atoms with Crippen LogP contribution in [0.15, 0.2) is 22.7 Å². The summed E-state index contributed by atoms with van der Waals surface area (Å²) in [6.07, 6.45) is 2.24. The number of ether oxygens (including phenoxy) is 2. The molecule has 0 bridgehead atoms. The summed E-state index contributed by atoms with van der Waals surface area (Å²) in [5.41, 5.74) is 0. The predicted molar refractivity (Wildman–Crippen MR) is 85.7 cm³/mol. The second-order valence-corrected chi connectivity index (χ2v) is 6.27. The van der Waals surface area contributed by atoms with Crippen molar-refractivity contribution in [3.05, 3.63) is 27.7 Å². The second-order valence-electron chi connectivity index (χ2n) is 4.95. The molecule has 1 fully saturated rings. The standard InChI is InChI=1S/C15H21BrClNO2/c1-3-7-18-12-9-14(15(12)19-4-2)20-13-8-10(16)5-6-11(13)17/h5-6,8,12,14-15,18H,3-4,7,9H2,1-2H3. The summed E-state index contributed by atoms with van der Waals surface area (Å²) in [4.78, 5) is 0. The topological polar surface area (TPSA) is 30.5 Å². The lowest BCUT2D eigenvalue weighted by Gasteiger charge is -2.44. The van der Waals surface area contributed by atoms with Gasteiger partial charge < -0.3 is 14.8 Å². The summed E-state index contributed by atoms with van der Waals surface area (Å²) in [6, 6.07) is 6.02. The van der Waals surface area contributed by atoms with Gasteiger partial charge in [-0.3, -0.25) is 0 Å². The Morgan fingerprint density at radius 3 is 2.90 bits per heavy atom. The van der Waals surface area contributed by atoms with Crippen LogP contribution in [0.5, 0.6) is 5.75 Å². The molecule has 0 aromatic heterocycles. The van der Waals surface area contributed by atoms with E-state index in [9.17, 15) is 0 Å². The quantitative estimate of drug-likeness (QED) is 0.794. The number of benzene rings is 1. The summed E-state index contributed by atoms with van der Waals surface area (Å²) in [6.45, 7) is 5.88. The SMILES string of the molecule is CCCNC1CC(Oc2cc(Br)ccc2Cl)C1OCC. The maximum absolute atomic E-state index is 6.16. The zero-order chi connectivity index (χ0) is 14.5. The van der Waals surface area contributed by atoms with E-state index >= 15 is 0 Å². The molecule has 1 N–H and O–H groups in total. The third-order valence-corrected chi connectivity index (χ3v) is 4.24. The van der Waals surface area contributed by atoms with Crippen molar-refractivity contribution in [3.8, 4) is 5.75 Å². The van der Waals surface area contributed by atoms with Gasteiger partial charge in [0.2, 0.25) is 0 Å². The third kappa shape index (κ3) is 3.88. The molecule has 0 radical (unpaired) electrons. The molecular weight excluding hydrogens is 342 g/mol. The second kappa shape index (κ2) is 7.64. The Morgan fingerprint density at radius 1 is 1.40 bits per heavy atom. The van der Waals surface area contributed by atoms with Crippen molar-refractivity contribution in [1.29, 1.82) is 0 Å². The molecule has 2 rings (SSSR count). The van der Waals surface area contributed by atoms with Crippen LogP contribution in [0, 0.1) is 0 Å². The smallest absolute Gasteiger partial charge is 0.139 e. The van der Waals surface area contributed by atoms with Crippen LogP contribution in [0.25, 0.3) is 0 Å². The van der Waals surface area contributed by atoms with Gasteiger partial charge in [-0.05, 0) is 38.1 Å². The molecule has 0 spiro atoms. The number of halogens is 2. The van der Waals surface area contributed by atoms with Crippen molar-refractivity contribution >= 4 is 27.5 Å². The maximum Gasteiger partial charge on any atom is 0.139 e. The first-order valence-corrected chi connectivity index (χ1v) is 8.29. The van der Waals surface area contributed by atoms with Crippen molar-refractivity contribution in [1.82, 2.24) is 5.32 Å². The van der Waals surface area contributed by atoms with E-state index in [1.54, 1.807) is 0 Å². The Balaban J connectivity index is 1.97. The van der Waals surface area contributed by atoms with Gasteiger partial charge in [0.05, 0.1) is 5.02 Å². The van der Waals surface area contributed by atoms with Crippen LogP contribution in [-0.2, 0) is 4.74 Å². The minimum Gasteiger partial charge on any atom is -0.486 e. The fourth-order valence-corrected chi connectivity index (χ4v) is 2.87. The van der Waals surface area contributed by atoms with Crippen molar-refractivity contribution < 1.29 is 9.47 Å². The van der Waals surface area contributed by atoms with Gasteiger partial charge in [0.25, 0.3) is 0 Å². The lowest BCUT2D eigenvalue weighted by atomic mass is 9.85. The number of nitrogens with one attached hydrogen (secondary N) is 1. The fourth-order valence-electron chi connectivity index (χ4n) is 2.37. The fraction of sp³-hybridized carbons (Fsp3) is 0.600. The van der Waals surface area contributed by atoms with E-state index in [4.69, 9.17) is 21.1 Å². The Bertz CT molecular complexity index is 444. The lowest BCUT2D eigenvalue weighted by Crippen LogP contribution is -2.61. The minimum absolute atomic E-state index is 0.0658. The molecule has 5 heteroatoms. The van der Waals surface area contributed by atoms with E-state index in [1.807, 2.05) is 25.1 Å². The average molecular weight is 363 g/mol. The van der Waals surface area contributed by atoms with Crippen LogP contribution >= 0.6 is 27.5 Å². The van der Waals surface area contributed by atoms with Crippen LogP contribution in [0.1, 0.15) is 26.7 Å². The molecule has 20 heavy (non-hydrogen) atoms. The molecule has 1 aromatic rings. The number of hydrogen-bond donors (Lipinski definition) is 1. The first kappa shape index (κ1) is 16.1. The highest BCUT2D eigenvalue weighted by atomic mass is 79.9. The normalized spacial score (nSPS) is 25.3. The molecule has 1 aliphatic rings. The lowest BCUT2D eigenvalue weighted by molar-refractivity contribution is -0.104. The van der Waals surface area contributed by atoms with Crippen molar-refractivity contribution in [2.45, 2.75) is 44.9 Å². The van der Waals surface area contributed by atoms with E-state index in [0.29, 0.717) is 23.4 Å². The van der Waals surface area contributed by atoms with E-state index in [-0.39, 0.29) is 12.2 Å². The summed E-state index contributed by atoms with van der Waals surface area (Å²) < 4.78 is 12.8. The van der Waals surface area contributed by atoms with Gasteiger partial charge in [0, 0.05) is 23.5 Å². The predicted octanol–water partition coefficient (Wildman–Crippen LogP) is 4.03. The minimum atomic E-state index is 0.0658. The highest BCUT2D eigenvalue weighted by Gasteiger charge is 2.43. The van der Waals surface area contributed by atoms with Crippen LogP contribution in [0.2, 0.25) is 5.02 Å². The zero-order valence-corrected chi connectivity index (χ0v) is 14.2. The Hall–Kier alpha value is -0.290. The third-order valence-electron chi connectivity index (χ3n) is 3.44. The number of rotatable bonds is 7. The molecule has 0 saturated heterocycles. The van der Waals surface area contributed by atoms with Crippen LogP contribution in [-0.4, -0.2) is 31.4 Å². The van der Waals surface area contributed by atoms with Gasteiger partial charge in [0.1, 0.15) is 18.0 Å². The summed E-state index contributed by atoms with van der Waals surface area (Å²) in [5.74, 6) is 0.713. The molecule has 1 saturated carbocycles. The molecule has 1 aromatic carbocycles. The van der Waals surface area contributed by atoms with Gasteiger partial charge in [0.15, 0.2) is 0 Å². The first-order valence-electron chi connectivity index (χ1n) is 7.12. The summed E-state index contributed by atoms with van der Waals surface area (Å²) >= 11 is 9.60. The van der Waals surface area contributed by atoms with Crippen molar-refractivity contribution in [2.75, 3.05) is 13.2 Å². The molecule has 1 aliphatic carbocycles. The van der Waals surface area contributed by atoms with E-state index in [1.165, 1.54) is 0 Å². The highest BCUT2D eigenvalue weighted by molar-refractivity contribution is 9.10. The van der Waals surface area contributed by atoms with Gasteiger partial charge in [-0.15, -0.1) is 0 Å². The molecular formula is C15H21BrClNO2. The van der Waals surface area contributed by atoms with Gasteiger partial charge in [-0.1, -0.05) is 34.5 Å². The Kier molecular flexibility index (Phi) is 6.15. The summed E-state index contributed by atoms with van der Waals surface area (Å²) in [5, 5.41) is 4.13. The Morgan fingerprint density at radius 2 is 2.20 bits per heavy atom. The largest absolute Gasteiger partial charge is 0.486 e. The Labute approximate surface area is 134 Å². The molecule has 0 heterocycles. The molecule has 3 nitrogen and oxygen atoms in total. The zero-order valence-electron chi connectivity index (χ0n) is 11.9. The van der Waals surface area contributed by atoms with Crippen LogP contribution in [0.3, 0.4) is 0 Å². The molecule has 112 valence electrons. The maximum atomic E-state index is 6.16.